The molecule has 0 saturated heterocycles. The number of nitrogens with zero attached hydrogens (tertiary/aromatic N) is 6. The summed E-state index contributed by atoms with van der Waals surface area (Å²) in [7, 11) is 0. The average molecular weight is 469 g/mol. The quantitative estimate of drug-likeness (QED) is 0.384. The molecule has 9 nitrogen and oxygen atoms in total. The van der Waals surface area contributed by atoms with E-state index in [1.165, 1.54) is 16.4 Å². The fourth-order valence-electron chi connectivity index (χ4n) is 4.11. The van der Waals surface area contributed by atoms with Crippen LogP contribution in [0.3, 0.4) is 0 Å². The van der Waals surface area contributed by atoms with Crippen molar-refractivity contribution >= 4 is 28.6 Å². The zero-order valence-electron chi connectivity index (χ0n) is 20.6. The predicted molar refractivity (Wildman–Crippen MR) is 136 cm³/mol. The number of amides is 1. The summed E-state index contributed by atoms with van der Waals surface area (Å²) in [6.07, 6.45) is 2.28. The summed E-state index contributed by atoms with van der Waals surface area (Å²) in [5.74, 6) is 1.21. The molecule has 4 rings (SSSR count). The van der Waals surface area contributed by atoms with Crippen molar-refractivity contribution in [2.45, 2.75) is 47.5 Å². The van der Waals surface area contributed by atoms with Crippen LogP contribution in [0.1, 0.15) is 46.5 Å². The van der Waals surface area contributed by atoms with Crippen LogP contribution in [0.2, 0.25) is 0 Å². The van der Waals surface area contributed by atoms with Gasteiger partial charge >= 0.3 is 0 Å². The summed E-state index contributed by atoms with van der Waals surface area (Å²) in [5.41, 5.74) is 6.20. The standard InChI is InChI=1S/C26H28N8O/c1-15-9-17(3)24-21(10-15)16(2)11-22(32-24)34-25(20(13-27)14-29-34)33-23(35)7-6-8-28-26-30-18(4)12-19(5)31-26/h9-12,14H,6-8H2,1-5H3,(H,33,35)(H,28,30,31). The van der Waals surface area contributed by atoms with Gasteiger partial charge < -0.3 is 10.6 Å². The smallest absolute Gasteiger partial charge is 0.225 e. The Morgan fingerprint density at radius 3 is 2.46 bits per heavy atom. The number of nitriles is 1. The van der Waals surface area contributed by atoms with E-state index in [0.717, 1.165) is 33.4 Å². The second kappa shape index (κ2) is 9.89. The van der Waals surface area contributed by atoms with E-state index in [4.69, 9.17) is 4.98 Å². The zero-order chi connectivity index (χ0) is 25.1. The van der Waals surface area contributed by atoms with Crippen molar-refractivity contribution in [2.75, 3.05) is 17.2 Å². The van der Waals surface area contributed by atoms with Gasteiger partial charge in [-0.25, -0.2) is 15.0 Å². The summed E-state index contributed by atoms with van der Waals surface area (Å²) in [6, 6.07) is 10.1. The molecule has 0 spiro atoms. The molecule has 0 aliphatic rings. The van der Waals surface area contributed by atoms with Crippen LogP contribution in [0, 0.1) is 45.9 Å². The molecule has 35 heavy (non-hydrogen) atoms. The third-order valence-electron chi connectivity index (χ3n) is 5.65. The fraction of sp³-hybridized carbons (Fsp3) is 0.308. The molecule has 0 aliphatic heterocycles. The predicted octanol–water partition coefficient (Wildman–Crippen LogP) is 4.46. The van der Waals surface area contributed by atoms with Gasteiger partial charge in [0, 0.05) is 29.7 Å². The molecule has 0 radical (unpaired) electrons. The highest BCUT2D eigenvalue weighted by molar-refractivity contribution is 5.92. The van der Waals surface area contributed by atoms with Gasteiger partial charge in [-0.05, 0) is 70.4 Å². The second-order valence-corrected chi connectivity index (χ2v) is 8.76. The van der Waals surface area contributed by atoms with E-state index in [-0.39, 0.29) is 17.9 Å². The Labute approximate surface area is 204 Å². The minimum Gasteiger partial charge on any atom is -0.354 e. The average Bonchev–Trinajstić information content (AvgIpc) is 3.19. The van der Waals surface area contributed by atoms with E-state index in [0.29, 0.717) is 30.5 Å². The molecule has 3 aromatic heterocycles. The largest absolute Gasteiger partial charge is 0.354 e. The molecule has 1 aromatic carbocycles. The lowest BCUT2D eigenvalue weighted by atomic mass is 10.0. The summed E-state index contributed by atoms with van der Waals surface area (Å²) in [5, 5.41) is 21.0. The first kappa shape index (κ1) is 23.8. The lowest BCUT2D eigenvalue weighted by molar-refractivity contribution is -0.116. The molecule has 2 N–H and O–H groups in total. The summed E-state index contributed by atoms with van der Waals surface area (Å²) in [6.45, 7) is 10.5. The van der Waals surface area contributed by atoms with Crippen LogP contribution in [0.4, 0.5) is 11.8 Å². The van der Waals surface area contributed by atoms with Crippen molar-refractivity contribution in [1.82, 2.24) is 24.7 Å². The summed E-state index contributed by atoms with van der Waals surface area (Å²) in [4.78, 5) is 26.2. The third-order valence-corrected chi connectivity index (χ3v) is 5.65. The van der Waals surface area contributed by atoms with Crippen molar-refractivity contribution in [1.29, 1.82) is 5.26 Å². The maximum absolute atomic E-state index is 12.7. The molecule has 4 aromatic rings. The number of hydrogen-bond acceptors (Lipinski definition) is 7. The highest BCUT2D eigenvalue weighted by Gasteiger charge is 2.17. The Morgan fingerprint density at radius 1 is 1.00 bits per heavy atom. The molecule has 0 aliphatic carbocycles. The normalized spacial score (nSPS) is 10.9. The van der Waals surface area contributed by atoms with E-state index < -0.39 is 0 Å². The lowest BCUT2D eigenvalue weighted by Crippen LogP contribution is -2.17. The number of benzene rings is 1. The van der Waals surface area contributed by atoms with E-state index in [1.807, 2.05) is 39.8 Å². The van der Waals surface area contributed by atoms with Crippen molar-refractivity contribution < 1.29 is 4.79 Å². The molecule has 1 amide bonds. The molecule has 0 saturated carbocycles. The Bertz CT molecular complexity index is 1440. The van der Waals surface area contributed by atoms with Gasteiger partial charge in [0.05, 0.1) is 11.7 Å². The van der Waals surface area contributed by atoms with Gasteiger partial charge in [-0.3, -0.25) is 4.79 Å². The van der Waals surface area contributed by atoms with Crippen LogP contribution in [0.5, 0.6) is 0 Å². The highest BCUT2D eigenvalue weighted by Crippen LogP contribution is 2.26. The first-order chi connectivity index (χ1) is 16.7. The number of pyridine rings is 1. The zero-order valence-corrected chi connectivity index (χ0v) is 20.6. The van der Waals surface area contributed by atoms with Crippen molar-refractivity contribution in [2.24, 2.45) is 0 Å². The molecule has 9 heteroatoms. The number of rotatable bonds is 7. The van der Waals surface area contributed by atoms with E-state index in [9.17, 15) is 10.1 Å². The first-order valence-corrected chi connectivity index (χ1v) is 11.5. The number of anilines is 2. The summed E-state index contributed by atoms with van der Waals surface area (Å²) < 4.78 is 1.52. The van der Waals surface area contributed by atoms with Gasteiger partial charge in [0.1, 0.15) is 11.6 Å². The summed E-state index contributed by atoms with van der Waals surface area (Å²) >= 11 is 0. The second-order valence-electron chi connectivity index (χ2n) is 8.76. The molecule has 3 heterocycles. The minimum absolute atomic E-state index is 0.212. The maximum Gasteiger partial charge on any atom is 0.225 e. The number of aryl methyl sites for hydroxylation is 5. The molecule has 0 atom stereocenters. The third kappa shape index (κ3) is 5.27. The van der Waals surface area contributed by atoms with Crippen LogP contribution in [-0.2, 0) is 4.79 Å². The molecule has 0 fully saturated rings. The molecular weight excluding hydrogens is 440 g/mol. The van der Waals surface area contributed by atoms with Crippen molar-refractivity contribution in [3.05, 3.63) is 64.1 Å². The Morgan fingerprint density at radius 2 is 1.74 bits per heavy atom. The number of aromatic nitrogens is 5. The minimum atomic E-state index is -0.212. The molecular formula is C26H28N8O. The number of nitrogens with one attached hydrogen (secondary N) is 2. The SMILES string of the molecule is Cc1cc(C)c2nc(-n3ncc(C#N)c3NC(=O)CCCNc3nc(C)cc(C)n3)cc(C)c2c1. The van der Waals surface area contributed by atoms with Crippen LogP contribution in [-0.4, -0.2) is 37.2 Å². The van der Waals surface area contributed by atoms with Gasteiger partial charge in [0.25, 0.3) is 0 Å². The van der Waals surface area contributed by atoms with Crippen LogP contribution < -0.4 is 10.6 Å². The fourth-order valence-corrected chi connectivity index (χ4v) is 4.11. The van der Waals surface area contributed by atoms with Gasteiger partial charge in [0.15, 0.2) is 11.6 Å². The van der Waals surface area contributed by atoms with Crippen LogP contribution in [0.25, 0.3) is 16.7 Å². The lowest BCUT2D eigenvalue weighted by Gasteiger charge is -2.13. The van der Waals surface area contributed by atoms with Crippen LogP contribution >= 0.6 is 0 Å². The van der Waals surface area contributed by atoms with Gasteiger partial charge in [-0.2, -0.15) is 15.0 Å². The van der Waals surface area contributed by atoms with Crippen LogP contribution in [0.15, 0.2) is 30.5 Å². The molecule has 0 bridgehead atoms. The van der Waals surface area contributed by atoms with E-state index in [2.05, 4.69) is 50.8 Å². The number of hydrogen-bond donors (Lipinski definition) is 2. The van der Waals surface area contributed by atoms with Gasteiger partial charge in [-0.1, -0.05) is 11.6 Å². The Kier molecular flexibility index (Phi) is 6.73. The first-order valence-electron chi connectivity index (χ1n) is 11.5. The monoisotopic (exact) mass is 468 g/mol. The van der Waals surface area contributed by atoms with E-state index >= 15 is 0 Å². The number of fused-ring (bicyclic) bond motifs is 1. The van der Waals surface area contributed by atoms with E-state index in [1.54, 1.807) is 0 Å². The van der Waals surface area contributed by atoms with Crippen molar-refractivity contribution in [3.8, 4) is 11.9 Å². The molecule has 178 valence electrons. The van der Waals surface area contributed by atoms with Crippen molar-refractivity contribution in [3.63, 3.8) is 0 Å². The number of carbonyl (C=O) groups excluding carboxylic acids is 1. The Hall–Kier alpha value is -4.32. The number of carbonyl (C=O) groups is 1. The van der Waals surface area contributed by atoms with Gasteiger partial charge in [0.2, 0.25) is 11.9 Å². The topological polar surface area (TPSA) is 121 Å². The highest BCUT2D eigenvalue weighted by atomic mass is 16.1. The maximum atomic E-state index is 12.7. The Balaban J connectivity index is 1.50. The molecule has 0 unspecified atom stereocenters. The van der Waals surface area contributed by atoms with Gasteiger partial charge in [-0.15, -0.1) is 0 Å².